The van der Waals surface area contributed by atoms with Crippen molar-refractivity contribution in [3.63, 3.8) is 0 Å². The summed E-state index contributed by atoms with van der Waals surface area (Å²) >= 11 is 11.7. The zero-order chi connectivity index (χ0) is 17.4. The van der Waals surface area contributed by atoms with Crippen LogP contribution in [0, 0.1) is 17.0 Å². The fraction of sp³-hybridized carbons (Fsp3) is 0.0769. The van der Waals surface area contributed by atoms with E-state index in [1.165, 1.54) is 37.3 Å². The lowest BCUT2D eigenvalue weighted by Gasteiger charge is -2.12. The maximum Gasteiger partial charge on any atom is 0.273 e. The molecule has 2 aromatic carbocycles. The lowest BCUT2D eigenvalue weighted by molar-refractivity contribution is -0.385. The second-order valence-corrected chi connectivity index (χ2v) is 7.08. The van der Waals surface area contributed by atoms with Crippen LogP contribution in [0.3, 0.4) is 0 Å². The molecule has 2 aromatic rings. The summed E-state index contributed by atoms with van der Waals surface area (Å²) in [5.74, 6) is 0. The maximum atomic E-state index is 12.5. The number of benzene rings is 2. The van der Waals surface area contributed by atoms with Crippen molar-refractivity contribution in [2.45, 2.75) is 11.8 Å². The van der Waals surface area contributed by atoms with E-state index in [4.69, 9.17) is 28.9 Å². The second-order valence-electron chi connectivity index (χ2n) is 4.62. The maximum absolute atomic E-state index is 12.5. The molecule has 122 valence electrons. The third kappa shape index (κ3) is 3.49. The van der Waals surface area contributed by atoms with Crippen LogP contribution in [-0.4, -0.2) is 13.3 Å². The van der Waals surface area contributed by atoms with Gasteiger partial charge in [0.15, 0.2) is 0 Å². The van der Waals surface area contributed by atoms with E-state index in [0.717, 1.165) is 0 Å². The molecule has 0 atom stereocenters. The minimum Gasteiger partial charge on any atom is -0.396 e. The van der Waals surface area contributed by atoms with Gasteiger partial charge in [-0.2, -0.15) is 0 Å². The zero-order valence-electron chi connectivity index (χ0n) is 11.7. The van der Waals surface area contributed by atoms with Crippen LogP contribution in [0.5, 0.6) is 0 Å². The summed E-state index contributed by atoms with van der Waals surface area (Å²) in [6, 6.07) is 6.39. The molecule has 0 bridgehead atoms. The summed E-state index contributed by atoms with van der Waals surface area (Å²) < 4.78 is 27.2. The number of nitrogen functional groups attached to an aromatic ring is 1. The van der Waals surface area contributed by atoms with Crippen molar-refractivity contribution in [3.05, 3.63) is 56.1 Å². The quantitative estimate of drug-likeness (QED) is 0.481. The Hall–Kier alpha value is -2.03. The number of rotatable bonds is 4. The Balaban J connectivity index is 2.48. The lowest BCUT2D eigenvalue weighted by atomic mass is 10.2. The zero-order valence-corrected chi connectivity index (χ0v) is 14.0. The third-order valence-electron chi connectivity index (χ3n) is 3.07. The number of halogens is 2. The number of nitro groups is 1. The molecular formula is C13H11Cl2N3O4S. The van der Waals surface area contributed by atoms with Gasteiger partial charge in [0.2, 0.25) is 0 Å². The van der Waals surface area contributed by atoms with Gasteiger partial charge in [0.1, 0.15) is 0 Å². The molecule has 3 N–H and O–H groups in total. The molecule has 0 saturated heterocycles. The largest absolute Gasteiger partial charge is 0.396 e. The van der Waals surface area contributed by atoms with Crippen LogP contribution in [0.15, 0.2) is 35.2 Å². The minimum absolute atomic E-state index is 0.0256. The van der Waals surface area contributed by atoms with Crippen molar-refractivity contribution >= 4 is 50.3 Å². The van der Waals surface area contributed by atoms with Gasteiger partial charge in [-0.3, -0.25) is 14.8 Å². The summed E-state index contributed by atoms with van der Waals surface area (Å²) in [6.45, 7) is 1.36. The molecule has 0 aromatic heterocycles. The fourth-order valence-electron chi connectivity index (χ4n) is 1.95. The van der Waals surface area contributed by atoms with E-state index in [2.05, 4.69) is 4.72 Å². The first-order chi connectivity index (χ1) is 10.6. The average Bonchev–Trinajstić information content (AvgIpc) is 2.43. The lowest BCUT2D eigenvalue weighted by Crippen LogP contribution is -2.15. The van der Waals surface area contributed by atoms with Gasteiger partial charge in [-0.25, -0.2) is 8.42 Å². The summed E-state index contributed by atoms with van der Waals surface area (Å²) in [5, 5.41) is 11.1. The van der Waals surface area contributed by atoms with E-state index in [9.17, 15) is 18.5 Å². The van der Waals surface area contributed by atoms with Crippen molar-refractivity contribution in [2.75, 3.05) is 10.5 Å². The monoisotopic (exact) mass is 375 g/mol. The molecule has 0 spiro atoms. The molecule has 23 heavy (non-hydrogen) atoms. The van der Waals surface area contributed by atoms with Crippen LogP contribution in [-0.2, 0) is 10.0 Å². The topological polar surface area (TPSA) is 115 Å². The van der Waals surface area contributed by atoms with Crippen molar-refractivity contribution < 1.29 is 13.3 Å². The number of sulfonamides is 1. The number of hydrogen-bond donors (Lipinski definition) is 2. The Kier molecular flexibility index (Phi) is 4.69. The van der Waals surface area contributed by atoms with Gasteiger partial charge in [-0.05, 0) is 25.1 Å². The van der Waals surface area contributed by atoms with Crippen LogP contribution in [0.2, 0.25) is 10.0 Å². The molecule has 0 unspecified atom stereocenters. The van der Waals surface area contributed by atoms with Crippen LogP contribution in [0.25, 0.3) is 0 Å². The first-order valence-corrected chi connectivity index (χ1v) is 8.38. The van der Waals surface area contributed by atoms with E-state index in [1.54, 1.807) is 0 Å². The summed E-state index contributed by atoms with van der Waals surface area (Å²) in [6.07, 6.45) is 0. The van der Waals surface area contributed by atoms with E-state index in [-0.39, 0.29) is 37.6 Å². The molecule has 0 amide bonds. The van der Waals surface area contributed by atoms with Crippen molar-refractivity contribution in [2.24, 2.45) is 0 Å². The molecule has 0 aliphatic carbocycles. The highest BCUT2D eigenvalue weighted by molar-refractivity contribution is 7.92. The highest BCUT2D eigenvalue weighted by Gasteiger charge is 2.23. The third-order valence-corrected chi connectivity index (χ3v) is 5.22. The fourth-order valence-corrected chi connectivity index (χ4v) is 3.74. The highest BCUT2D eigenvalue weighted by Crippen LogP contribution is 2.33. The number of anilines is 2. The summed E-state index contributed by atoms with van der Waals surface area (Å²) in [4.78, 5) is 10.1. The van der Waals surface area contributed by atoms with E-state index < -0.39 is 14.9 Å². The van der Waals surface area contributed by atoms with Crippen LogP contribution < -0.4 is 10.5 Å². The predicted molar refractivity (Wildman–Crippen MR) is 89.5 cm³/mol. The Morgan fingerprint density at radius 2 is 1.78 bits per heavy atom. The van der Waals surface area contributed by atoms with E-state index in [0.29, 0.717) is 0 Å². The highest BCUT2D eigenvalue weighted by atomic mass is 35.5. The first kappa shape index (κ1) is 17.3. The van der Waals surface area contributed by atoms with Gasteiger partial charge in [-0.1, -0.05) is 29.3 Å². The van der Waals surface area contributed by atoms with Crippen LogP contribution in [0.1, 0.15) is 5.56 Å². The van der Waals surface area contributed by atoms with Crippen molar-refractivity contribution in [3.8, 4) is 0 Å². The number of nitrogens with one attached hydrogen (secondary N) is 1. The molecule has 0 saturated carbocycles. The second kappa shape index (κ2) is 6.23. The molecule has 0 radical (unpaired) electrons. The Morgan fingerprint density at radius 3 is 2.30 bits per heavy atom. The molecule has 0 heterocycles. The summed E-state index contributed by atoms with van der Waals surface area (Å²) in [7, 11) is -4.06. The van der Waals surface area contributed by atoms with E-state index in [1.807, 2.05) is 0 Å². The average molecular weight is 376 g/mol. The van der Waals surface area contributed by atoms with Gasteiger partial charge in [-0.15, -0.1) is 0 Å². The van der Waals surface area contributed by atoms with Gasteiger partial charge in [0.25, 0.3) is 15.7 Å². The first-order valence-electron chi connectivity index (χ1n) is 6.15. The van der Waals surface area contributed by atoms with Gasteiger partial charge >= 0.3 is 0 Å². The standard InChI is InChI=1S/C13H11Cl2N3O4S/c1-7-11(18(19)20)3-2-4-12(7)23(21,22)17-8-5-9(14)13(16)10(15)6-8/h2-6,17H,16H2,1H3. The molecule has 7 nitrogen and oxygen atoms in total. The Morgan fingerprint density at radius 1 is 1.22 bits per heavy atom. The SMILES string of the molecule is Cc1c([N+](=O)[O-])cccc1S(=O)(=O)Nc1cc(Cl)c(N)c(Cl)c1. The Bertz CT molecular complexity index is 877. The molecule has 2 rings (SSSR count). The van der Waals surface area contributed by atoms with Crippen molar-refractivity contribution in [1.82, 2.24) is 0 Å². The number of nitrogens with two attached hydrogens (primary N) is 1. The predicted octanol–water partition coefficient (Wildman–Crippen LogP) is 3.59. The van der Waals surface area contributed by atoms with Crippen LogP contribution in [0.4, 0.5) is 17.1 Å². The van der Waals surface area contributed by atoms with Gasteiger partial charge in [0.05, 0.1) is 31.2 Å². The summed E-state index contributed by atoms with van der Waals surface area (Å²) in [5.41, 5.74) is 5.55. The molecular weight excluding hydrogens is 365 g/mol. The molecule has 0 fully saturated rings. The molecule has 0 aliphatic heterocycles. The number of hydrogen-bond acceptors (Lipinski definition) is 5. The smallest absolute Gasteiger partial charge is 0.273 e. The van der Waals surface area contributed by atoms with Gasteiger partial charge in [0, 0.05) is 11.6 Å². The number of nitro benzene ring substituents is 1. The van der Waals surface area contributed by atoms with Crippen molar-refractivity contribution in [1.29, 1.82) is 0 Å². The normalized spacial score (nSPS) is 11.3. The molecule has 0 aliphatic rings. The molecule has 10 heteroatoms. The Labute approximate surface area is 142 Å². The van der Waals surface area contributed by atoms with Crippen LogP contribution >= 0.6 is 23.2 Å². The minimum atomic E-state index is -4.06. The number of nitrogens with zero attached hydrogens (tertiary/aromatic N) is 1. The van der Waals surface area contributed by atoms with E-state index >= 15 is 0 Å². The van der Waals surface area contributed by atoms with Gasteiger partial charge < -0.3 is 5.73 Å².